The molecule has 0 aromatic carbocycles. The predicted molar refractivity (Wildman–Crippen MR) is 106 cm³/mol. The molecule has 0 spiro atoms. The molecule has 0 aliphatic heterocycles. The van der Waals surface area contributed by atoms with Crippen molar-refractivity contribution in [3.63, 3.8) is 0 Å². The van der Waals surface area contributed by atoms with Crippen molar-refractivity contribution in [1.82, 2.24) is 5.32 Å². The van der Waals surface area contributed by atoms with Gasteiger partial charge in [-0.2, -0.15) is 0 Å². The Bertz CT molecular complexity index is 373. The fourth-order valence-corrected chi connectivity index (χ4v) is 3.47. The maximum atomic E-state index is 11.5. The fourth-order valence-electron chi connectivity index (χ4n) is 3.47. The average molecular weight is 372 g/mol. The Hall–Kier alpha value is -1.10. The molecule has 0 saturated carbocycles. The molecule has 0 fully saturated rings. The molecule has 3 N–H and O–H groups in total. The first kappa shape index (κ1) is 24.9. The number of nitrogens with one attached hydrogen (secondary N) is 1. The van der Waals surface area contributed by atoms with Crippen molar-refractivity contribution in [3.05, 3.63) is 0 Å². The van der Waals surface area contributed by atoms with Crippen LogP contribution < -0.4 is 5.32 Å². The Kier molecular flexibility index (Phi) is 15.4. The number of carboxylic acid groups (broad SMARTS) is 1. The Morgan fingerprint density at radius 1 is 0.846 bits per heavy atom. The van der Waals surface area contributed by atoms with Crippen LogP contribution in [0.2, 0.25) is 0 Å². The van der Waals surface area contributed by atoms with Gasteiger partial charge in [0.1, 0.15) is 5.92 Å². The summed E-state index contributed by atoms with van der Waals surface area (Å²) in [5.74, 6) is -1.67. The Balaban J connectivity index is 3.84. The lowest BCUT2D eigenvalue weighted by Crippen LogP contribution is -2.32. The van der Waals surface area contributed by atoms with Gasteiger partial charge in [0, 0.05) is 7.05 Å². The summed E-state index contributed by atoms with van der Waals surface area (Å²) in [6.07, 6.45) is 13.0. The van der Waals surface area contributed by atoms with Gasteiger partial charge < -0.3 is 15.5 Å². The van der Waals surface area contributed by atoms with E-state index < -0.39 is 17.8 Å². The molecule has 0 aromatic rings. The molecule has 0 aromatic heterocycles. The van der Waals surface area contributed by atoms with Gasteiger partial charge in [0.25, 0.3) is 0 Å². The quantitative estimate of drug-likeness (QED) is 0.259. The summed E-state index contributed by atoms with van der Waals surface area (Å²) in [6, 6.07) is 0. The van der Waals surface area contributed by atoms with Crippen molar-refractivity contribution >= 4 is 11.9 Å². The fraction of sp³-hybridized carbons (Fsp3) is 0.905. The Morgan fingerprint density at radius 3 is 2.00 bits per heavy atom. The minimum atomic E-state index is -1.03. The first-order valence-corrected chi connectivity index (χ1v) is 10.6. The molecule has 1 amide bonds. The third kappa shape index (κ3) is 12.3. The number of unbranched alkanes of at least 4 members (excludes halogenated alkanes) is 4. The van der Waals surface area contributed by atoms with Gasteiger partial charge in [-0.1, -0.05) is 78.1 Å². The summed E-state index contributed by atoms with van der Waals surface area (Å²) in [5.41, 5.74) is 0. The van der Waals surface area contributed by atoms with E-state index in [-0.39, 0.29) is 6.10 Å². The number of amides is 1. The van der Waals surface area contributed by atoms with E-state index in [0.29, 0.717) is 12.3 Å². The summed E-state index contributed by atoms with van der Waals surface area (Å²) >= 11 is 0. The molecule has 3 atom stereocenters. The molecule has 5 heteroatoms. The molecule has 0 radical (unpaired) electrons. The van der Waals surface area contributed by atoms with E-state index in [1.54, 1.807) is 0 Å². The highest BCUT2D eigenvalue weighted by Crippen LogP contribution is 2.22. The lowest BCUT2D eigenvalue weighted by atomic mass is 9.91. The second kappa shape index (κ2) is 16.1. The van der Waals surface area contributed by atoms with Gasteiger partial charge in [0.15, 0.2) is 0 Å². The molecule has 5 nitrogen and oxygen atoms in total. The zero-order chi connectivity index (χ0) is 19.8. The lowest BCUT2D eigenvalue weighted by Gasteiger charge is -2.16. The maximum absolute atomic E-state index is 11.5. The zero-order valence-electron chi connectivity index (χ0n) is 17.1. The number of aliphatic hydroxyl groups is 1. The van der Waals surface area contributed by atoms with Crippen molar-refractivity contribution in [2.45, 2.75) is 103 Å². The number of carboxylic acids is 1. The molecule has 26 heavy (non-hydrogen) atoms. The van der Waals surface area contributed by atoms with Crippen LogP contribution in [0, 0.1) is 11.8 Å². The SMILES string of the molecule is CCCCCC(O)CCCC(CC)CCCCCC(C(=O)O)C(=O)NC. The van der Waals surface area contributed by atoms with E-state index in [4.69, 9.17) is 5.11 Å². The number of aliphatic hydroxyl groups excluding tert-OH is 1. The standard InChI is InChI=1S/C21H41NO4/c1-4-6-8-14-18(23)15-11-13-17(5-2)12-9-7-10-16-19(21(25)26)20(24)22-3/h17-19,23H,4-16H2,1-3H3,(H,22,24)(H,25,26). The van der Waals surface area contributed by atoms with Crippen molar-refractivity contribution in [3.8, 4) is 0 Å². The van der Waals surface area contributed by atoms with Crippen LogP contribution in [0.15, 0.2) is 0 Å². The van der Waals surface area contributed by atoms with Crippen LogP contribution >= 0.6 is 0 Å². The van der Waals surface area contributed by atoms with Crippen molar-refractivity contribution < 1.29 is 19.8 Å². The van der Waals surface area contributed by atoms with Gasteiger partial charge in [0.05, 0.1) is 6.10 Å². The molecule has 0 bridgehead atoms. The second-order valence-electron chi connectivity index (χ2n) is 7.50. The normalized spacial score (nSPS) is 14.6. The molecule has 0 aliphatic carbocycles. The van der Waals surface area contributed by atoms with Crippen LogP contribution in [0.25, 0.3) is 0 Å². The number of carbonyl (C=O) groups is 2. The van der Waals surface area contributed by atoms with E-state index >= 15 is 0 Å². The van der Waals surface area contributed by atoms with Gasteiger partial charge >= 0.3 is 5.97 Å². The summed E-state index contributed by atoms with van der Waals surface area (Å²) in [4.78, 5) is 22.6. The Morgan fingerprint density at radius 2 is 1.42 bits per heavy atom. The summed E-state index contributed by atoms with van der Waals surface area (Å²) in [7, 11) is 1.48. The zero-order valence-corrected chi connectivity index (χ0v) is 17.1. The molecule has 154 valence electrons. The van der Waals surface area contributed by atoms with Crippen LogP contribution in [0.4, 0.5) is 0 Å². The Labute approximate surface area is 159 Å². The highest BCUT2D eigenvalue weighted by molar-refractivity contribution is 5.96. The minimum absolute atomic E-state index is 0.142. The average Bonchev–Trinajstić information content (AvgIpc) is 2.62. The van der Waals surface area contributed by atoms with E-state index in [9.17, 15) is 14.7 Å². The number of hydrogen-bond donors (Lipinski definition) is 3. The lowest BCUT2D eigenvalue weighted by molar-refractivity contribution is -0.147. The number of carbonyl (C=O) groups excluding carboxylic acids is 1. The molecule has 0 aliphatic rings. The largest absolute Gasteiger partial charge is 0.481 e. The molecular formula is C21H41NO4. The van der Waals surface area contributed by atoms with Crippen molar-refractivity contribution in [2.75, 3.05) is 7.05 Å². The smallest absolute Gasteiger partial charge is 0.316 e. The van der Waals surface area contributed by atoms with E-state index in [1.807, 2.05) is 0 Å². The topological polar surface area (TPSA) is 86.6 Å². The predicted octanol–water partition coefficient (Wildman–Crippen LogP) is 4.52. The van der Waals surface area contributed by atoms with Crippen LogP contribution in [0.3, 0.4) is 0 Å². The van der Waals surface area contributed by atoms with Gasteiger partial charge in [-0.15, -0.1) is 0 Å². The highest BCUT2D eigenvalue weighted by Gasteiger charge is 2.24. The van der Waals surface area contributed by atoms with Crippen LogP contribution in [-0.2, 0) is 9.59 Å². The summed E-state index contributed by atoms with van der Waals surface area (Å²) < 4.78 is 0. The summed E-state index contributed by atoms with van der Waals surface area (Å²) in [5, 5.41) is 21.5. The highest BCUT2D eigenvalue weighted by atomic mass is 16.4. The third-order valence-electron chi connectivity index (χ3n) is 5.33. The molecular weight excluding hydrogens is 330 g/mol. The third-order valence-corrected chi connectivity index (χ3v) is 5.33. The van der Waals surface area contributed by atoms with Crippen LogP contribution in [0.5, 0.6) is 0 Å². The van der Waals surface area contributed by atoms with Gasteiger partial charge in [-0.3, -0.25) is 9.59 Å². The van der Waals surface area contributed by atoms with E-state index in [2.05, 4.69) is 19.2 Å². The first-order valence-electron chi connectivity index (χ1n) is 10.6. The molecule has 0 saturated heterocycles. The molecule has 3 unspecified atom stereocenters. The van der Waals surface area contributed by atoms with E-state index in [1.165, 1.54) is 19.9 Å². The first-order chi connectivity index (χ1) is 12.5. The minimum Gasteiger partial charge on any atom is -0.481 e. The van der Waals surface area contributed by atoms with E-state index in [0.717, 1.165) is 64.2 Å². The number of hydrogen-bond acceptors (Lipinski definition) is 3. The monoisotopic (exact) mass is 371 g/mol. The van der Waals surface area contributed by atoms with Crippen molar-refractivity contribution in [1.29, 1.82) is 0 Å². The molecule has 0 heterocycles. The number of rotatable bonds is 17. The van der Waals surface area contributed by atoms with Gasteiger partial charge in [-0.05, 0) is 25.2 Å². The van der Waals surface area contributed by atoms with Gasteiger partial charge in [0.2, 0.25) is 5.91 Å². The van der Waals surface area contributed by atoms with Crippen LogP contribution in [-0.4, -0.2) is 35.2 Å². The molecule has 0 rings (SSSR count). The summed E-state index contributed by atoms with van der Waals surface area (Å²) in [6.45, 7) is 4.40. The van der Waals surface area contributed by atoms with Crippen LogP contribution in [0.1, 0.15) is 97.3 Å². The van der Waals surface area contributed by atoms with Gasteiger partial charge in [-0.25, -0.2) is 0 Å². The van der Waals surface area contributed by atoms with Crippen molar-refractivity contribution in [2.24, 2.45) is 11.8 Å². The number of aliphatic carboxylic acids is 1. The second-order valence-corrected chi connectivity index (χ2v) is 7.50. The maximum Gasteiger partial charge on any atom is 0.316 e.